The minimum absolute atomic E-state index is 0.213. The minimum atomic E-state index is -3.88. The van der Waals surface area contributed by atoms with Crippen molar-refractivity contribution in [3.8, 4) is 0 Å². The van der Waals surface area contributed by atoms with E-state index < -0.39 is 10.1 Å². The van der Waals surface area contributed by atoms with E-state index in [1.807, 2.05) is 17.5 Å². The molecule has 182 valence electrons. The van der Waals surface area contributed by atoms with Crippen LogP contribution in [0.5, 0.6) is 0 Å². The zero-order chi connectivity index (χ0) is 23.2. The maximum Gasteiger partial charge on any atom is 0.297 e. The van der Waals surface area contributed by atoms with Crippen LogP contribution in [0.3, 0.4) is 0 Å². The number of thiophene rings is 1. The number of carbonyl (C=O) groups excluding carboxylic acids is 1. The summed E-state index contributed by atoms with van der Waals surface area (Å²) < 4.78 is 35.1. The summed E-state index contributed by atoms with van der Waals surface area (Å²) in [6.07, 6.45) is 18.1. The van der Waals surface area contributed by atoms with Gasteiger partial charge < -0.3 is 0 Å². The number of hydrogen-bond donors (Lipinski definition) is 0. The summed E-state index contributed by atoms with van der Waals surface area (Å²) in [4.78, 5) is 12.6. The SMILES string of the molecule is C1CCCC1.CCCCCC(=O)Cc1cccs1.CCCCCCCCS(=O)(=O)OF. The first-order valence-corrected chi connectivity index (χ1v) is 14.5. The zero-order valence-corrected chi connectivity index (χ0v) is 21.2. The third-order valence-corrected chi connectivity index (χ3v) is 6.96. The van der Waals surface area contributed by atoms with E-state index in [-0.39, 0.29) is 5.75 Å². The molecule has 1 aliphatic rings. The first-order chi connectivity index (χ1) is 14.9. The van der Waals surface area contributed by atoms with Crippen LogP contribution in [0.15, 0.2) is 17.5 Å². The average molecular weight is 479 g/mol. The molecule has 0 aliphatic heterocycles. The smallest absolute Gasteiger partial charge is 0.297 e. The fourth-order valence-electron chi connectivity index (χ4n) is 3.24. The van der Waals surface area contributed by atoms with Gasteiger partial charge in [-0.3, -0.25) is 4.79 Å². The molecule has 0 radical (unpaired) electrons. The number of carbonyl (C=O) groups is 1. The van der Waals surface area contributed by atoms with E-state index in [0.29, 0.717) is 18.6 Å². The van der Waals surface area contributed by atoms with Crippen molar-refractivity contribution in [3.05, 3.63) is 22.4 Å². The lowest BCUT2D eigenvalue weighted by molar-refractivity contribution is -0.118. The Morgan fingerprint density at radius 1 is 0.935 bits per heavy atom. The number of halogens is 1. The van der Waals surface area contributed by atoms with E-state index >= 15 is 0 Å². The summed E-state index contributed by atoms with van der Waals surface area (Å²) in [7, 11) is -3.88. The molecular weight excluding hydrogens is 435 g/mol. The van der Waals surface area contributed by atoms with Gasteiger partial charge in [-0.1, -0.05) is 101 Å². The van der Waals surface area contributed by atoms with Gasteiger partial charge in [-0.15, -0.1) is 11.3 Å². The average Bonchev–Trinajstić information content (AvgIpc) is 3.48. The largest absolute Gasteiger partial charge is 0.299 e. The standard InChI is InChI=1S/C11H16OS.C8H17FO3S.C5H10/c1-2-3-4-6-10(12)9-11-7-5-8-13-11;1-2-3-4-5-6-7-8-13(10,11)12-9;1-2-4-5-3-1/h5,7-8H,2-4,6,9H2,1H3;2-8H2,1H3;1-5H2. The van der Waals surface area contributed by atoms with Crippen molar-refractivity contribution in [2.75, 3.05) is 5.75 Å². The van der Waals surface area contributed by atoms with Crippen molar-refractivity contribution < 1.29 is 22.1 Å². The van der Waals surface area contributed by atoms with Crippen LogP contribution in [-0.2, 0) is 25.7 Å². The highest BCUT2D eigenvalue weighted by molar-refractivity contribution is 7.86. The third kappa shape index (κ3) is 20.8. The molecule has 31 heavy (non-hydrogen) atoms. The Morgan fingerprint density at radius 2 is 1.48 bits per heavy atom. The Balaban J connectivity index is 0.000000474. The molecule has 0 aromatic carbocycles. The number of unbranched alkanes of at least 4 members (excludes halogenated alkanes) is 7. The van der Waals surface area contributed by atoms with Crippen molar-refractivity contribution >= 4 is 27.2 Å². The Hall–Kier alpha value is -0.790. The number of rotatable bonds is 14. The predicted octanol–water partition coefficient (Wildman–Crippen LogP) is 7.97. The van der Waals surface area contributed by atoms with Crippen LogP contribution in [0.2, 0.25) is 0 Å². The second-order valence-corrected chi connectivity index (χ2v) is 10.8. The molecule has 0 amide bonds. The quantitative estimate of drug-likeness (QED) is 0.254. The van der Waals surface area contributed by atoms with Crippen LogP contribution in [0, 0.1) is 0 Å². The van der Waals surface area contributed by atoms with Crippen molar-refractivity contribution in [3.63, 3.8) is 0 Å². The second-order valence-electron chi connectivity index (χ2n) is 8.11. The van der Waals surface area contributed by atoms with E-state index in [1.54, 1.807) is 11.3 Å². The second kappa shape index (κ2) is 21.1. The molecule has 2 rings (SSSR count). The lowest BCUT2D eigenvalue weighted by Crippen LogP contribution is -2.05. The van der Waals surface area contributed by atoms with Gasteiger partial charge in [0.1, 0.15) is 5.78 Å². The fraction of sp³-hybridized carbons (Fsp3) is 0.792. The highest BCUT2D eigenvalue weighted by Gasteiger charge is 2.10. The van der Waals surface area contributed by atoms with Gasteiger partial charge in [0.15, 0.2) is 0 Å². The van der Waals surface area contributed by atoms with E-state index in [0.717, 1.165) is 38.5 Å². The van der Waals surface area contributed by atoms with Gasteiger partial charge in [-0.2, -0.15) is 8.42 Å². The van der Waals surface area contributed by atoms with Crippen molar-refractivity contribution in [1.82, 2.24) is 0 Å². The lowest BCUT2D eigenvalue weighted by Gasteiger charge is -1.99. The highest BCUT2D eigenvalue weighted by atomic mass is 32.2. The Morgan fingerprint density at radius 3 is 2.00 bits per heavy atom. The lowest BCUT2D eigenvalue weighted by atomic mass is 10.1. The van der Waals surface area contributed by atoms with E-state index in [4.69, 9.17) is 0 Å². The summed E-state index contributed by atoms with van der Waals surface area (Å²) in [5.41, 5.74) is 0. The molecule has 1 aromatic heterocycles. The molecule has 1 aromatic rings. The molecule has 1 heterocycles. The van der Waals surface area contributed by atoms with Gasteiger partial charge >= 0.3 is 0 Å². The van der Waals surface area contributed by atoms with Gasteiger partial charge in [0, 0.05) is 17.7 Å². The van der Waals surface area contributed by atoms with Gasteiger partial charge in [-0.05, 0) is 28.8 Å². The van der Waals surface area contributed by atoms with Crippen LogP contribution >= 0.6 is 11.3 Å². The summed E-state index contributed by atoms with van der Waals surface area (Å²) in [6, 6.07) is 4.03. The van der Waals surface area contributed by atoms with Crippen LogP contribution < -0.4 is 0 Å². The van der Waals surface area contributed by atoms with Crippen LogP contribution in [0.4, 0.5) is 4.53 Å². The maximum atomic E-state index is 11.4. The molecule has 1 saturated carbocycles. The van der Waals surface area contributed by atoms with Crippen molar-refractivity contribution in [2.45, 2.75) is 117 Å². The van der Waals surface area contributed by atoms with Gasteiger partial charge in [-0.25, -0.2) is 0 Å². The normalized spacial score (nSPS) is 13.1. The Bertz CT molecular complexity index is 604. The molecule has 1 fully saturated rings. The van der Waals surface area contributed by atoms with Crippen LogP contribution in [0.25, 0.3) is 0 Å². The molecule has 0 saturated heterocycles. The molecular formula is C24H43FO4S2. The molecule has 0 N–H and O–H groups in total. The topological polar surface area (TPSA) is 60.4 Å². The molecule has 0 unspecified atom stereocenters. The van der Waals surface area contributed by atoms with E-state index in [1.165, 1.54) is 56.2 Å². The summed E-state index contributed by atoms with van der Waals surface area (Å²) in [5, 5.41) is 2.02. The zero-order valence-electron chi connectivity index (χ0n) is 19.6. The van der Waals surface area contributed by atoms with Gasteiger partial charge in [0.2, 0.25) is 0 Å². The van der Waals surface area contributed by atoms with Crippen molar-refractivity contribution in [1.29, 1.82) is 0 Å². The summed E-state index contributed by atoms with van der Waals surface area (Å²) in [5.74, 6) is 0.172. The fourth-order valence-corrected chi connectivity index (χ4v) is 4.60. The molecule has 0 atom stereocenters. The predicted molar refractivity (Wildman–Crippen MR) is 130 cm³/mol. The Kier molecular flexibility index (Phi) is 20.5. The van der Waals surface area contributed by atoms with E-state index in [9.17, 15) is 17.7 Å². The maximum absolute atomic E-state index is 11.4. The Labute approximate surface area is 194 Å². The van der Waals surface area contributed by atoms with Gasteiger partial charge in [0.25, 0.3) is 10.1 Å². The third-order valence-electron chi connectivity index (χ3n) is 5.10. The van der Waals surface area contributed by atoms with Gasteiger partial charge in [0.05, 0.1) is 5.75 Å². The number of ketones is 1. The summed E-state index contributed by atoms with van der Waals surface area (Å²) in [6.45, 7) is 4.27. The van der Waals surface area contributed by atoms with Crippen molar-refractivity contribution in [2.24, 2.45) is 0 Å². The molecule has 7 heteroatoms. The highest BCUT2D eigenvalue weighted by Crippen LogP contribution is 2.15. The minimum Gasteiger partial charge on any atom is -0.299 e. The molecule has 0 bridgehead atoms. The first kappa shape index (κ1) is 30.2. The molecule has 0 spiro atoms. The monoisotopic (exact) mass is 478 g/mol. The van der Waals surface area contributed by atoms with Crippen LogP contribution in [-0.4, -0.2) is 20.0 Å². The number of Topliss-reactive ketones (excluding diaryl/α,β-unsaturated/α-hetero) is 1. The van der Waals surface area contributed by atoms with Crippen LogP contribution in [0.1, 0.15) is 115 Å². The summed E-state index contributed by atoms with van der Waals surface area (Å²) >= 11 is 1.67. The first-order valence-electron chi connectivity index (χ1n) is 12.0. The molecule has 4 nitrogen and oxygen atoms in total. The number of hydrogen-bond acceptors (Lipinski definition) is 5. The van der Waals surface area contributed by atoms with E-state index in [2.05, 4.69) is 18.2 Å². The molecule has 1 aliphatic carbocycles.